The predicted molar refractivity (Wildman–Crippen MR) is 118 cm³/mol. The number of aromatic nitrogens is 4. The quantitative estimate of drug-likeness (QED) is 0.465. The monoisotopic (exact) mass is 454 g/mol. The number of anilines is 2. The van der Waals surface area contributed by atoms with Crippen LogP contribution in [-0.4, -0.2) is 45.9 Å². The summed E-state index contributed by atoms with van der Waals surface area (Å²) < 4.78 is 40.2. The zero-order valence-electron chi connectivity index (χ0n) is 17.8. The van der Waals surface area contributed by atoms with Crippen LogP contribution in [0, 0.1) is 5.92 Å². The molecule has 0 radical (unpaired) electrons. The van der Waals surface area contributed by atoms with E-state index in [1.807, 2.05) is 47.4 Å². The molecule has 0 unspecified atom stereocenters. The van der Waals surface area contributed by atoms with E-state index in [1.54, 1.807) is 18.0 Å². The molecule has 3 heterocycles. The van der Waals surface area contributed by atoms with Crippen LogP contribution in [-0.2, 0) is 11.0 Å². The average Bonchev–Trinajstić information content (AvgIpc) is 3.27. The molecule has 1 saturated heterocycles. The van der Waals surface area contributed by atoms with Crippen molar-refractivity contribution in [3.8, 4) is 0 Å². The molecular formula is C23H21F3N6O. The molecule has 170 valence electrons. The van der Waals surface area contributed by atoms with Gasteiger partial charge in [-0.05, 0) is 36.4 Å². The summed E-state index contributed by atoms with van der Waals surface area (Å²) in [7, 11) is 1.79. The Balaban J connectivity index is 1.31. The van der Waals surface area contributed by atoms with Crippen molar-refractivity contribution in [3.05, 3.63) is 60.4 Å². The van der Waals surface area contributed by atoms with Gasteiger partial charge in [-0.3, -0.25) is 4.79 Å². The molecule has 0 bridgehead atoms. The summed E-state index contributed by atoms with van der Waals surface area (Å²) in [5, 5.41) is 12.9. The van der Waals surface area contributed by atoms with E-state index < -0.39 is 12.0 Å². The summed E-state index contributed by atoms with van der Waals surface area (Å²) in [6.45, 7) is 1.03. The summed E-state index contributed by atoms with van der Waals surface area (Å²) in [6, 6.07) is 16.9. The maximum atomic E-state index is 13.2. The SMILES string of the molecule is CN(C(=O)C1CCN(c2ccc3nnc(C(F)(F)F)n3n2)CC1)c1cccc2ccccc12. The van der Waals surface area contributed by atoms with Crippen LogP contribution in [0.4, 0.5) is 24.7 Å². The van der Waals surface area contributed by atoms with E-state index in [9.17, 15) is 18.0 Å². The van der Waals surface area contributed by atoms with E-state index in [0.29, 0.717) is 31.7 Å². The summed E-state index contributed by atoms with van der Waals surface area (Å²) in [5.74, 6) is -0.885. The Morgan fingerprint density at radius 3 is 2.48 bits per heavy atom. The Labute approximate surface area is 187 Å². The van der Waals surface area contributed by atoms with Crippen LogP contribution in [0.5, 0.6) is 0 Å². The van der Waals surface area contributed by atoms with Gasteiger partial charge in [0.2, 0.25) is 5.91 Å². The van der Waals surface area contributed by atoms with E-state index >= 15 is 0 Å². The molecule has 0 atom stereocenters. The average molecular weight is 454 g/mol. The number of hydrogen-bond acceptors (Lipinski definition) is 5. The highest BCUT2D eigenvalue weighted by atomic mass is 19.4. The Kier molecular flexibility index (Phi) is 5.15. The Morgan fingerprint density at radius 1 is 1.00 bits per heavy atom. The molecule has 4 aromatic rings. The van der Waals surface area contributed by atoms with E-state index in [-0.39, 0.29) is 17.5 Å². The van der Waals surface area contributed by atoms with Crippen molar-refractivity contribution in [2.45, 2.75) is 19.0 Å². The zero-order chi connectivity index (χ0) is 23.2. The third-order valence-corrected chi connectivity index (χ3v) is 6.13. The van der Waals surface area contributed by atoms with Crippen LogP contribution < -0.4 is 9.80 Å². The number of nitrogens with zero attached hydrogens (tertiary/aromatic N) is 6. The van der Waals surface area contributed by atoms with Crippen molar-refractivity contribution < 1.29 is 18.0 Å². The van der Waals surface area contributed by atoms with Gasteiger partial charge in [0.1, 0.15) is 5.82 Å². The highest BCUT2D eigenvalue weighted by molar-refractivity contribution is 6.04. The number of carbonyl (C=O) groups excluding carboxylic acids is 1. The summed E-state index contributed by atoms with van der Waals surface area (Å²) in [6.07, 6.45) is -3.47. The molecule has 2 aromatic carbocycles. The molecule has 7 nitrogen and oxygen atoms in total. The van der Waals surface area contributed by atoms with Gasteiger partial charge in [0.25, 0.3) is 5.82 Å². The second kappa shape index (κ2) is 8.02. The van der Waals surface area contributed by atoms with Crippen LogP contribution in [0.2, 0.25) is 0 Å². The van der Waals surface area contributed by atoms with Crippen LogP contribution in [0.25, 0.3) is 16.4 Å². The van der Waals surface area contributed by atoms with E-state index in [4.69, 9.17) is 0 Å². The number of halogens is 3. The molecule has 1 fully saturated rings. The van der Waals surface area contributed by atoms with Gasteiger partial charge < -0.3 is 9.80 Å². The number of piperidine rings is 1. The van der Waals surface area contributed by atoms with Gasteiger partial charge in [-0.2, -0.15) is 17.7 Å². The molecule has 5 rings (SSSR count). The van der Waals surface area contributed by atoms with Crippen LogP contribution >= 0.6 is 0 Å². The van der Waals surface area contributed by atoms with Crippen LogP contribution in [0.1, 0.15) is 18.7 Å². The third-order valence-electron chi connectivity index (χ3n) is 6.13. The van der Waals surface area contributed by atoms with Gasteiger partial charge >= 0.3 is 6.18 Å². The maximum Gasteiger partial charge on any atom is 0.453 e. The normalized spacial score (nSPS) is 15.3. The standard InChI is InChI=1S/C23H21F3N6O/c1-30(18-8-4-6-15-5-2-3-7-17(15)18)21(33)16-11-13-31(14-12-16)20-10-9-19-27-28-22(23(24,25)26)32(19)29-20/h2-10,16H,11-14H2,1H3. The van der Waals surface area contributed by atoms with Crippen molar-refractivity contribution in [2.75, 3.05) is 29.9 Å². The minimum atomic E-state index is -4.64. The second-order valence-electron chi connectivity index (χ2n) is 8.14. The van der Waals surface area contributed by atoms with E-state index in [1.165, 1.54) is 6.07 Å². The van der Waals surface area contributed by atoms with Crippen molar-refractivity contribution in [2.24, 2.45) is 5.92 Å². The highest BCUT2D eigenvalue weighted by Gasteiger charge is 2.38. The summed E-state index contributed by atoms with van der Waals surface area (Å²) in [4.78, 5) is 16.8. The molecule has 10 heteroatoms. The molecule has 1 amide bonds. The molecular weight excluding hydrogens is 433 g/mol. The first-order valence-electron chi connectivity index (χ1n) is 10.6. The second-order valence-corrected chi connectivity index (χ2v) is 8.14. The van der Waals surface area contributed by atoms with Gasteiger partial charge in [0, 0.05) is 31.4 Å². The highest BCUT2D eigenvalue weighted by Crippen LogP contribution is 2.31. The molecule has 0 saturated carbocycles. The zero-order valence-corrected chi connectivity index (χ0v) is 17.8. The lowest BCUT2D eigenvalue weighted by Gasteiger charge is -2.34. The maximum absolute atomic E-state index is 13.2. The predicted octanol–water partition coefficient (Wildman–Crippen LogP) is 4.18. The van der Waals surface area contributed by atoms with Crippen molar-refractivity contribution in [1.82, 2.24) is 19.8 Å². The molecule has 2 aromatic heterocycles. The van der Waals surface area contributed by atoms with Crippen LogP contribution in [0.15, 0.2) is 54.6 Å². The molecule has 1 aliphatic rings. The number of benzene rings is 2. The molecule has 0 N–H and O–H groups in total. The topological polar surface area (TPSA) is 66.6 Å². The van der Waals surface area contributed by atoms with Crippen molar-refractivity contribution in [3.63, 3.8) is 0 Å². The van der Waals surface area contributed by atoms with Gasteiger partial charge in [0.05, 0.1) is 5.69 Å². The van der Waals surface area contributed by atoms with Crippen LogP contribution in [0.3, 0.4) is 0 Å². The van der Waals surface area contributed by atoms with Crippen molar-refractivity contribution >= 4 is 33.8 Å². The first-order chi connectivity index (χ1) is 15.8. The Bertz CT molecular complexity index is 1320. The first kappa shape index (κ1) is 21.2. The fourth-order valence-electron chi connectivity index (χ4n) is 4.37. The van der Waals surface area contributed by atoms with Gasteiger partial charge in [0.15, 0.2) is 5.65 Å². The number of amides is 1. The minimum Gasteiger partial charge on any atom is -0.355 e. The Hall–Kier alpha value is -3.69. The number of hydrogen-bond donors (Lipinski definition) is 0. The third kappa shape index (κ3) is 3.85. The number of alkyl halides is 3. The fourth-order valence-corrected chi connectivity index (χ4v) is 4.37. The summed E-state index contributed by atoms with van der Waals surface area (Å²) in [5.41, 5.74) is 0.896. The smallest absolute Gasteiger partial charge is 0.355 e. The largest absolute Gasteiger partial charge is 0.453 e. The fraction of sp³-hybridized carbons (Fsp3) is 0.304. The van der Waals surface area contributed by atoms with Gasteiger partial charge in [-0.25, -0.2) is 0 Å². The van der Waals surface area contributed by atoms with Gasteiger partial charge in [-0.15, -0.1) is 15.3 Å². The summed E-state index contributed by atoms with van der Waals surface area (Å²) >= 11 is 0. The lowest BCUT2D eigenvalue weighted by atomic mass is 9.95. The Morgan fingerprint density at radius 2 is 1.73 bits per heavy atom. The number of rotatable bonds is 3. The number of fused-ring (bicyclic) bond motifs is 2. The van der Waals surface area contributed by atoms with E-state index in [0.717, 1.165) is 21.0 Å². The lowest BCUT2D eigenvalue weighted by molar-refractivity contribution is -0.146. The van der Waals surface area contributed by atoms with Gasteiger partial charge in [-0.1, -0.05) is 36.4 Å². The lowest BCUT2D eigenvalue weighted by Crippen LogP contribution is -2.41. The van der Waals surface area contributed by atoms with Crippen molar-refractivity contribution in [1.29, 1.82) is 0 Å². The molecule has 1 aliphatic heterocycles. The number of carbonyl (C=O) groups is 1. The first-order valence-corrected chi connectivity index (χ1v) is 10.6. The van der Waals surface area contributed by atoms with E-state index in [2.05, 4.69) is 15.3 Å². The molecule has 33 heavy (non-hydrogen) atoms. The minimum absolute atomic E-state index is 0.0348. The molecule has 0 spiro atoms. The molecule has 0 aliphatic carbocycles.